The van der Waals surface area contributed by atoms with Crippen molar-refractivity contribution in [2.75, 3.05) is 36.4 Å². The van der Waals surface area contributed by atoms with Gasteiger partial charge < -0.3 is 14.8 Å². The molecule has 202 valence electrons. The Labute approximate surface area is 221 Å². The number of amides is 1. The number of para-hydroxylation sites is 1. The van der Waals surface area contributed by atoms with Crippen LogP contribution < -0.4 is 15.8 Å². The number of nitrogens with one attached hydrogen (secondary N) is 1. The van der Waals surface area contributed by atoms with Crippen molar-refractivity contribution >= 4 is 38.1 Å². The zero-order valence-corrected chi connectivity index (χ0v) is 21.3. The number of nitrogens with zero attached hydrogens (tertiary/aromatic N) is 3. The molecule has 0 aliphatic carbocycles. The molecular weight excluding hydrogens is 533 g/mol. The number of carbonyl (C=O) groups is 1. The van der Waals surface area contributed by atoms with Crippen molar-refractivity contribution in [2.24, 2.45) is 0 Å². The average molecular weight is 557 g/mol. The van der Waals surface area contributed by atoms with Crippen molar-refractivity contribution in [1.82, 2.24) is 8.87 Å². The van der Waals surface area contributed by atoms with E-state index in [0.29, 0.717) is 11.8 Å². The van der Waals surface area contributed by atoms with Gasteiger partial charge in [-0.3, -0.25) is 9.59 Å². The number of aromatic nitrogens is 1. The summed E-state index contributed by atoms with van der Waals surface area (Å²) in [5, 5.41) is 2.55. The van der Waals surface area contributed by atoms with Crippen LogP contribution in [0.4, 0.5) is 24.5 Å². The SMILES string of the molecule is O=C(Cn1cc(S(=O)(=O)N2CCN(c3ccccc3F)CC2)c2ccccc2c1=O)Nc1ccc(F)cc1F. The second-order valence-corrected chi connectivity index (χ2v) is 10.9. The molecule has 0 atom stereocenters. The van der Waals surface area contributed by atoms with E-state index in [4.69, 9.17) is 0 Å². The van der Waals surface area contributed by atoms with Crippen molar-refractivity contribution in [3.05, 3.63) is 101 Å². The van der Waals surface area contributed by atoms with Gasteiger partial charge in [0.25, 0.3) is 5.56 Å². The predicted octanol–water partition coefficient (Wildman–Crippen LogP) is 3.57. The summed E-state index contributed by atoms with van der Waals surface area (Å²) in [5.74, 6) is -3.02. The first kappa shape index (κ1) is 26.4. The summed E-state index contributed by atoms with van der Waals surface area (Å²) in [6.07, 6.45) is 1.10. The normalized spacial score (nSPS) is 14.5. The van der Waals surface area contributed by atoms with Gasteiger partial charge >= 0.3 is 0 Å². The van der Waals surface area contributed by atoms with E-state index in [1.807, 2.05) is 0 Å². The lowest BCUT2D eigenvalue weighted by molar-refractivity contribution is -0.116. The first-order valence-electron chi connectivity index (χ1n) is 12.0. The Morgan fingerprint density at radius 2 is 1.51 bits per heavy atom. The van der Waals surface area contributed by atoms with Crippen LogP contribution >= 0.6 is 0 Å². The molecule has 1 amide bonds. The van der Waals surface area contributed by atoms with Gasteiger partial charge in [-0.1, -0.05) is 30.3 Å². The highest BCUT2D eigenvalue weighted by Crippen LogP contribution is 2.27. The monoisotopic (exact) mass is 556 g/mol. The molecule has 1 aliphatic heterocycles. The van der Waals surface area contributed by atoms with E-state index < -0.39 is 45.5 Å². The molecule has 8 nitrogen and oxygen atoms in total. The van der Waals surface area contributed by atoms with Gasteiger partial charge in [-0.2, -0.15) is 4.31 Å². The minimum Gasteiger partial charge on any atom is -0.367 e. The molecule has 1 aromatic heterocycles. The van der Waals surface area contributed by atoms with Crippen LogP contribution in [0, 0.1) is 17.5 Å². The molecule has 0 unspecified atom stereocenters. The van der Waals surface area contributed by atoms with Gasteiger partial charge in [0.2, 0.25) is 15.9 Å². The number of halogens is 3. The molecule has 0 spiro atoms. The molecule has 4 aromatic rings. The summed E-state index contributed by atoms with van der Waals surface area (Å²) < 4.78 is 71.1. The van der Waals surface area contributed by atoms with E-state index in [2.05, 4.69) is 5.32 Å². The minimum atomic E-state index is -4.13. The second-order valence-electron chi connectivity index (χ2n) is 8.99. The van der Waals surface area contributed by atoms with Gasteiger partial charge in [0.1, 0.15) is 28.9 Å². The maximum Gasteiger partial charge on any atom is 0.258 e. The van der Waals surface area contributed by atoms with Gasteiger partial charge in [-0.05, 0) is 30.3 Å². The maximum atomic E-state index is 14.2. The van der Waals surface area contributed by atoms with Crippen molar-refractivity contribution in [3.63, 3.8) is 0 Å². The summed E-state index contributed by atoms with van der Waals surface area (Å²) in [6.45, 7) is 0.0553. The fraction of sp³-hybridized carbons (Fsp3) is 0.185. The van der Waals surface area contributed by atoms with Crippen LogP contribution in [0.3, 0.4) is 0 Å². The number of hydrogen-bond donors (Lipinski definition) is 1. The van der Waals surface area contributed by atoms with Gasteiger partial charge in [0, 0.05) is 49.2 Å². The number of sulfonamides is 1. The Kier molecular flexibility index (Phi) is 7.15. The lowest BCUT2D eigenvalue weighted by Crippen LogP contribution is -2.49. The quantitative estimate of drug-likeness (QED) is 0.392. The topological polar surface area (TPSA) is 91.7 Å². The van der Waals surface area contributed by atoms with Crippen LogP contribution in [0.5, 0.6) is 0 Å². The Balaban J connectivity index is 1.44. The van der Waals surface area contributed by atoms with Crippen LogP contribution in [-0.2, 0) is 21.4 Å². The Bertz CT molecular complexity index is 1740. The van der Waals surface area contributed by atoms with Crippen molar-refractivity contribution < 1.29 is 26.4 Å². The standard InChI is InChI=1S/C27H23F3N4O4S/c28-18-9-10-23(22(30)15-18)31-26(35)17-33-16-25(19-5-1-2-6-20(19)27(33)36)39(37,38)34-13-11-32(12-14-34)24-8-4-3-7-21(24)29/h1-10,15-16H,11-14,17H2,(H,31,35). The highest BCUT2D eigenvalue weighted by atomic mass is 32.2. The number of pyridine rings is 1. The van der Waals surface area contributed by atoms with Gasteiger partial charge in [-0.15, -0.1) is 0 Å². The molecule has 1 saturated heterocycles. The highest BCUT2D eigenvalue weighted by Gasteiger charge is 2.31. The number of fused-ring (bicyclic) bond motifs is 1. The van der Waals surface area contributed by atoms with E-state index >= 15 is 0 Å². The average Bonchev–Trinajstić information content (AvgIpc) is 2.92. The van der Waals surface area contributed by atoms with Crippen LogP contribution in [0.2, 0.25) is 0 Å². The van der Waals surface area contributed by atoms with Gasteiger partial charge in [-0.25, -0.2) is 21.6 Å². The first-order chi connectivity index (χ1) is 18.6. The van der Waals surface area contributed by atoms with Crippen molar-refractivity contribution in [3.8, 4) is 0 Å². The molecule has 39 heavy (non-hydrogen) atoms. The molecule has 2 heterocycles. The zero-order valence-electron chi connectivity index (χ0n) is 20.5. The number of piperazine rings is 1. The number of benzene rings is 3. The Hall–Kier alpha value is -4.16. The summed E-state index contributed by atoms with van der Waals surface area (Å²) in [4.78, 5) is 27.4. The fourth-order valence-electron chi connectivity index (χ4n) is 4.58. The molecule has 0 saturated carbocycles. The number of carbonyl (C=O) groups excluding carboxylic acids is 1. The Morgan fingerprint density at radius 3 is 2.21 bits per heavy atom. The molecule has 1 aliphatic rings. The van der Waals surface area contributed by atoms with E-state index in [-0.39, 0.29) is 47.5 Å². The summed E-state index contributed by atoms with van der Waals surface area (Å²) in [5.41, 5.74) is -0.503. The van der Waals surface area contributed by atoms with E-state index in [0.717, 1.165) is 22.9 Å². The van der Waals surface area contributed by atoms with Crippen LogP contribution in [0.1, 0.15) is 0 Å². The molecule has 1 fully saturated rings. The smallest absolute Gasteiger partial charge is 0.258 e. The van der Waals surface area contributed by atoms with Crippen molar-refractivity contribution in [1.29, 1.82) is 0 Å². The molecule has 1 N–H and O–H groups in total. The van der Waals surface area contributed by atoms with Crippen LogP contribution in [0.15, 0.2) is 82.6 Å². The fourth-order valence-corrected chi connectivity index (χ4v) is 6.22. The summed E-state index contributed by atoms with van der Waals surface area (Å²) in [6, 6.07) is 15.0. The maximum absolute atomic E-state index is 14.2. The summed E-state index contributed by atoms with van der Waals surface area (Å²) >= 11 is 0. The number of rotatable bonds is 6. The number of anilines is 2. The third-order valence-electron chi connectivity index (χ3n) is 6.53. The molecule has 0 bridgehead atoms. The zero-order chi connectivity index (χ0) is 27.7. The number of hydrogen-bond acceptors (Lipinski definition) is 5. The minimum absolute atomic E-state index is 0.0778. The molecule has 0 radical (unpaired) electrons. The van der Waals surface area contributed by atoms with E-state index in [1.54, 1.807) is 35.2 Å². The molecule has 12 heteroatoms. The van der Waals surface area contributed by atoms with Crippen molar-refractivity contribution in [2.45, 2.75) is 11.4 Å². The lowest BCUT2D eigenvalue weighted by atomic mass is 10.2. The first-order valence-corrected chi connectivity index (χ1v) is 13.5. The van der Waals surface area contributed by atoms with E-state index in [9.17, 15) is 31.2 Å². The largest absolute Gasteiger partial charge is 0.367 e. The third kappa shape index (κ3) is 5.25. The van der Waals surface area contributed by atoms with E-state index in [1.165, 1.54) is 22.5 Å². The van der Waals surface area contributed by atoms with Gasteiger partial charge in [0.15, 0.2) is 0 Å². The van der Waals surface area contributed by atoms with Crippen LogP contribution in [0.25, 0.3) is 10.8 Å². The predicted molar refractivity (Wildman–Crippen MR) is 141 cm³/mol. The molecule has 5 rings (SSSR count). The van der Waals surface area contributed by atoms with Gasteiger partial charge in [0.05, 0.1) is 11.4 Å². The Morgan fingerprint density at radius 1 is 0.846 bits per heavy atom. The molecular formula is C27H23F3N4O4S. The lowest BCUT2D eigenvalue weighted by Gasteiger charge is -2.35. The highest BCUT2D eigenvalue weighted by molar-refractivity contribution is 7.89. The molecule has 3 aromatic carbocycles. The van der Waals surface area contributed by atoms with Crippen LogP contribution in [-0.4, -0.2) is 49.4 Å². The summed E-state index contributed by atoms with van der Waals surface area (Å²) in [7, 11) is -4.13. The third-order valence-corrected chi connectivity index (χ3v) is 8.45. The second kappa shape index (κ2) is 10.5.